The maximum Gasteiger partial charge on any atom is 0.304 e. The highest BCUT2D eigenvalue weighted by atomic mass is 16.5. The van der Waals surface area contributed by atoms with Gasteiger partial charge in [0.1, 0.15) is 0 Å². The Bertz CT molecular complexity index is 196. The second-order valence-corrected chi connectivity index (χ2v) is 2.98. The fraction of sp³-hybridized carbons (Fsp3) is 0.667. The molecule has 0 amide bonds. The minimum absolute atomic E-state index is 0.0984. The van der Waals surface area contributed by atoms with Gasteiger partial charge in [-0.1, -0.05) is 0 Å². The highest BCUT2D eigenvalue weighted by Crippen LogP contribution is 2.26. The van der Waals surface area contributed by atoms with E-state index < -0.39 is 5.97 Å². The van der Waals surface area contributed by atoms with Crippen LogP contribution < -0.4 is 0 Å². The molecule has 1 aliphatic heterocycles. The van der Waals surface area contributed by atoms with E-state index in [1.165, 1.54) is 0 Å². The first kappa shape index (κ1) is 9.10. The van der Waals surface area contributed by atoms with E-state index in [4.69, 9.17) is 9.84 Å². The third-order valence-electron chi connectivity index (χ3n) is 2.07. The Balaban J connectivity index is 2.53. The van der Waals surface area contributed by atoms with Crippen molar-refractivity contribution < 1.29 is 14.6 Å². The van der Waals surface area contributed by atoms with E-state index in [1.807, 2.05) is 13.0 Å². The summed E-state index contributed by atoms with van der Waals surface area (Å²) in [5.74, 6) is 0.203. The number of allylic oxidation sites excluding steroid dienone is 2. The van der Waals surface area contributed by atoms with Gasteiger partial charge in [-0.25, -0.2) is 0 Å². The molecule has 0 aromatic heterocycles. The highest BCUT2D eigenvalue weighted by Gasteiger charge is 2.21. The topological polar surface area (TPSA) is 46.5 Å². The first-order valence-electron chi connectivity index (χ1n) is 4.25. The van der Waals surface area contributed by atoms with Crippen molar-refractivity contribution in [2.75, 3.05) is 6.61 Å². The lowest BCUT2D eigenvalue weighted by Gasteiger charge is -2.24. The molecule has 1 saturated heterocycles. The van der Waals surface area contributed by atoms with E-state index in [9.17, 15) is 4.79 Å². The van der Waals surface area contributed by atoms with E-state index in [1.54, 1.807) is 0 Å². The molecule has 1 heterocycles. The molecule has 68 valence electrons. The van der Waals surface area contributed by atoms with Gasteiger partial charge in [0, 0.05) is 5.92 Å². The van der Waals surface area contributed by atoms with Crippen LogP contribution in [0.25, 0.3) is 0 Å². The summed E-state index contributed by atoms with van der Waals surface area (Å²) in [6.45, 7) is 2.62. The Kier molecular flexibility index (Phi) is 3.14. The van der Waals surface area contributed by atoms with Gasteiger partial charge in [0.15, 0.2) is 0 Å². The van der Waals surface area contributed by atoms with Gasteiger partial charge in [-0.2, -0.15) is 0 Å². The number of hydrogen-bond acceptors (Lipinski definition) is 2. The quantitative estimate of drug-likeness (QED) is 0.687. The van der Waals surface area contributed by atoms with Crippen LogP contribution >= 0.6 is 0 Å². The van der Waals surface area contributed by atoms with E-state index >= 15 is 0 Å². The summed E-state index contributed by atoms with van der Waals surface area (Å²) in [4.78, 5) is 10.4. The zero-order valence-corrected chi connectivity index (χ0v) is 7.25. The summed E-state index contributed by atoms with van der Waals surface area (Å²) >= 11 is 0. The van der Waals surface area contributed by atoms with Gasteiger partial charge < -0.3 is 9.84 Å². The fourth-order valence-electron chi connectivity index (χ4n) is 1.51. The number of carboxylic acid groups (broad SMARTS) is 1. The van der Waals surface area contributed by atoms with Gasteiger partial charge in [0.2, 0.25) is 0 Å². The van der Waals surface area contributed by atoms with Crippen molar-refractivity contribution in [2.24, 2.45) is 5.92 Å². The summed E-state index contributed by atoms with van der Waals surface area (Å²) in [7, 11) is 0. The minimum Gasteiger partial charge on any atom is -0.498 e. The molecule has 0 aromatic rings. The van der Waals surface area contributed by atoms with Crippen LogP contribution in [0.2, 0.25) is 0 Å². The number of aliphatic carboxylic acids is 1. The van der Waals surface area contributed by atoms with Gasteiger partial charge in [0.25, 0.3) is 0 Å². The Labute approximate surface area is 72.0 Å². The number of rotatable bonds is 2. The highest BCUT2D eigenvalue weighted by molar-refractivity contribution is 5.67. The molecular weight excluding hydrogens is 156 g/mol. The second kappa shape index (κ2) is 4.14. The van der Waals surface area contributed by atoms with Crippen molar-refractivity contribution in [1.82, 2.24) is 0 Å². The van der Waals surface area contributed by atoms with Crippen LogP contribution in [0.1, 0.15) is 26.2 Å². The van der Waals surface area contributed by atoms with Crippen molar-refractivity contribution in [2.45, 2.75) is 26.2 Å². The van der Waals surface area contributed by atoms with E-state index in [-0.39, 0.29) is 12.3 Å². The predicted molar refractivity (Wildman–Crippen MR) is 44.7 cm³/mol. The first-order valence-corrected chi connectivity index (χ1v) is 4.25. The molecule has 12 heavy (non-hydrogen) atoms. The van der Waals surface area contributed by atoms with Crippen LogP contribution in [-0.2, 0) is 9.53 Å². The largest absolute Gasteiger partial charge is 0.498 e. The van der Waals surface area contributed by atoms with Crippen LogP contribution in [0, 0.1) is 5.92 Å². The van der Waals surface area contributed by atoms with Crippen molar-refractivity contribution in [3.63, 3.8) is 0 Å². The van der Waals surface area contributed by atoms with Crippen LogP contribution in [0.4, 0.5) is 0 Å². The Morgan fingerprint density at radius 3 is 3.17 bits per heavy atom. The third-order valence-corrected chi connectivity index (χ3v) is 2.07. The van der Waals surface area contributed by atoms with Gasteiger partial charge in [0.05, 0.1) is 18.8 Å². The Morgan fingerprint density at radius 1 is 1.83 bits per heavy atom. The first-order chi connectivity index (χ1) is 5.74. The van der Waals surface area contributed by atoms with E-state index in [0.717, 1.165) is 25.2 Å². The lowest BCUT2D eigenvalue weighted by Crippen LogP contribution is -2.18. The molecule has 1 atom stereocenters. The second-order valence-electron chi connectivity index (χ2n) is 2.98. The average Bonchev–Trinajstić information content (AvgIpc) is 2.04. The van der Waals surface area contributed by atoms with Crippen LogP contribution in [-0.4, -0.2) is 17.7 Å². The Morgan fingerprint density at radius 2 is 2.58 bits per heavy atom. The molecule has 0 spiro atoms. The summed E-state index contributed by atoms with van der Waals surface area (Å²) in [6.07, 6.45) is 3.97. The number of ether oxygens (including phenoxy) is 1. The van der Waals surface area contributed by atoms with Crippen molar-refractivity contribution in [1.29, 1.82) is 0 Å². The third kappa shape index (κ3) is 2.26. The SMILES string of the molecule is C/C=C1\OCCCC1CC(=O)O. The average molecular weight is 170 g/mol. The molecule has 3 nitrogen and oxygen atoms in total. The van der Waals surface area contributed by atoms with Crippen LogP contribution in [0.3, 0.4) is 0 Å². The molecule has 0 radical (unpaired) electrons. The predicted octanol–water partition coefficient (Wildman–Crippen LogP) is 1.79. The monoisotopic (exact) mass is 170 g/mol. The lowest BCUT2D eigenvalue weighted by molar-refractivity contribution is -0.138. The number of carbonyl (C=O) groups is 1. The van der Waals surface area contributed by atoms with Gasteiger partial charge in [-0.15, -0.1) is 0 Å². The fourth-order valence-corrected chi connectivity index (χ4v) is 1.51. The van der Waals surface area contributed by atoms with Gasteiger partial charge in [-0.05, 0) is 25.8 Å². The molecule has 3 heteroatoms. The molecule has 0 bridgehead atoms. The zero-order chi connectivity index (χ0) is 8.97. The molecule has 0 aromatic carbocycles. The molecule has 1 fully saturated rings. The summed E-state index contributed by atoms with van der Waals surface area (Å²) in [5.41, 5.74) is 0. The molecular formula is C9H14O3. The minimum atomic E-state index is -0.746. The number of carboxylic acids is 1. The van der Waals surface area contributed by atoms with Crippen molar-refractivity contribution in [3.05, 3.63) is 11.8 Å². The summed E-state index contributed by atoms with van der Waals surface area (Å²) < 4.78 is 5.34. The molecule has 1 N–H and O–H groups in total. The van der Waals surface area contributed by atoms with Crippen LogP contribution in [0.5, 0.6) is 0 Å². The van der Waals surface area contributed by atoms with Gasteiger partial charge >= 0.3 is 5.97 Å². The maximum atomic E-state index is 10.4. The molecule has 0 aliphatic carbocycles. The normalized spacial score (nSPS) is 26.8. The molecule has 1 rings (SSSR count). The molecule has 1 aliphatic rings. The van der Waals surface area contributed by atoms with Gasteiger partial charge in [-0.3, -0.25) is 4.79 Å². The zero-order valence-electron chi connectivity index (χ0n) is 7.25. The number of hydrogen-bond donors (Lipinski definition) is 1. The van der Waals surface area contributed by atoms with Crippen LogP contribution in [0.15, 0.2) is 11.8 Å². The summed E-state index contributed by atoms with van der Waals surface area (Å²) in [6, 6.07) is 0. The van der Waals surface area contributed by atoms with E-state index in [2.05, 4.69) is 0 Å². The molecule has 1 unspecified atom stereocenters. The molecule has 0 saturated carbocycles. The van der Waals surface area contributed by atoms with E-state index in [0.29, 0.717) is 0 Å². The maximum absolute atomic E-state index is 10.4. The van der Waals surface area contributed by atoms with Crippen molar-refractivity contribution >= 4 is 5.97 Å². The lowest BCUT2D eigenvalue weighted by atomic mass is 9.95. The Hall–Kier alpha value is -0.990. The standard InChI is InChI=1S/C9H14O3/c1-2-8-7(6-9(10)11)4-3-5-12-8/h2,7H,3-6H2,1H3,(H,10,11)/b8-2-. The smallest absolute Gasteiger partial charge is 0.304 e. The summed E-state index contributed by atoms with van der Waals surface area (Å²) in [5, 5.41) is 8.60. The van der Waals surface area contributed by atoms with Crippen molar-refractivity contribution in [3.8, 4) is 0 Å².